The van der Waals surface area contributed by atoms with E-state index in [-0.39, 0.29) is 5.60 Å². The molecule has 0 spiro atoms. The van der Waals surface area contributed by atoms with E-state index in [0.29, 0.717) is 12.2 Å². The largest absolute Gasteiger partial charge is 0.508 e. The quantitative estimate of drug-likeness (QED) is 0.733. The first-order chi connectivity index (χ1) is 7.94. The standard InChI is InChI=1S/C8H9NO.C5H10O2/c10-8-3-1-2-6-4-9-5-7(6)8;1-5(2,3)7-4-6/h1-3,9-10H,4-5H2;4H,1-3H3. The molecule has 94 valence electrons. The van der Waals surface area contributed by atoms with Crippen LogP contribution in [0, 0.1) is 0 Å². The van der Waals surface area contributed by atoms with Crippen LogP contribution in [-0.4, -0.2) is 17.2 Å². The number of ether oxygens (including phenoxy) is 1. The zero-order valence-electron chi connectivity index (χ0n) is 10.5. The summed E-state index contributed by atoms with van der Waals surface area (Å²) >= 11 is 0. The average Bonchev–Trinajstić information content (AvgIpc) is 2.66. The molecule has 0 saturated carbocycles. The third-order valence-corrected chi connectivity index (χ3v) is 2.27. The maximum absolute atomic E-state index is 9.60. The van der Waals surface area contributed by atoms with Gasteiger partial charge in [0.05, 0.1) is 0 Å². The van der Waals surface area contributed by atoms with Gasteiger partial charge in [0, 0.05) is 18.7 Å². The molecule has 4 heteroatoms. The van der Waals surface area contributed by atoms with Gasteiger partial charge in [-0.2, -0.15) is 0 Å². The topological polar surface area (TPSA) is 58.6 Å². The van der Waals surface area contributed by atoms with E-state index < -0.39 is 0 Å². The van der Waals surface area contributed by atoms with Crippen molar-refractivity contribution in [2.24, 2.45) is 0 Å². The van der Waals surface area contributed by atoms with Gasteiger partial charge >= 0.3 is 0 Å². The van der Waals surface area contributed by atoms with Crippen molar-refractivity contribution in [1.82, 2.24) is 5.32 Å². The lowest BCUT2D eigenvalue weighted by molar-refractivity contribution is -0.138. The van der Waals surface area contributed by atoms with Crippen LogP contribution in [-0.2, 0) is 22.6 Å². The van der Waals surface area contributed by atoms with Crippen molar-refractivity contribution in [3.05, 3.63) is 29.3 Å². The maximum atomic E-state index is 9.60. The summed E-state index contributed by atoms with van der Waals surface area (Å²) in [5.41, 5.74) is 1.96. The number of fused-ring (bicyclic) bond motifs is 1. The Labute approximate surface area is 102 Å². The fraction of sp³-hybridized carbons (Fsp3) is 0.462. The molecule has 2 rings (SSSR count). The van der Waals surface area contributed by atoms with E-state index >= 15 is 0 Å². The number of hydrogen-bond acceptors (Lipinski definition) is 4. The predicted octanol–water partition coefficient (Wildman–Crippen LogP) is 1.95. The van der Waals surface area contributed by atoms with E-state index in [2.05, 4.69) is 10.1 Å². The molecular weight excluding hydrogens is 218 g/mol. The Bertz CT molecular complexity index is 383. The SMILES string of the molecule is CC(C)(C)OC=O.Oc1cccc2c1CNC2. The first-order valence-electron chi connectivity index (χ1n) is 5.56. The Hall–Kier alpha value is -1.55. The number of carbonyl (C=O) groups excluding carboxylic acids is 1. The summed E-state index contributed by atoms with van der Waals surface area (Å²) in [6, 6.07) is 5.64. The van der Waals surface area contributed by atoms with Crippen molar-refractivity contribution in [2.45, 2.75) is 39.5 Å². The van der Waals surface area contributed by atoms with Crippen molar-refractivity contribution < 1.29 is 14.6 Å². The van der Waals surface area contributed by atoms with Gasteiger partial charge in [0.2, 0.25) is 0 Å². The van der Waals surface area contributed by atoms with E-state index in [1.165, 1.54) is 5.56 Å². The molecule has 0 atom stereocenters. The highest BCUT2D eigenvalue weighted by atomic mass is 16.5. The highest BCUT2D eigenvalue weighted by Gasteiger charge is 2.12. The highest BCUT2D eigenvalue weighted by molar-refractivity contribution is 5.41. The minimum absolute atomic E-state index is 0.318. The molecule has 2 N–H and O–H groups in total. The average molecular weight is 237 g/mol. The van der Waals surface area contributed by atoms with Crippen LogP contribution in [0.3, 0.4) is 0 Å². The summed E-state index contributed by atoms with van der Waals surface area (Å²) < 4.78 is 4.55. The second kappa shape index (κ2) is 5.68. The first-order valence-corrected chi connectivity index (χ1v) is 5.56. The summed E-state index contributed by atoms with van der Waals surface area (Å²) in [4.78, 5) is 9.60. The molecule has 4 nitrogen and oxygen atoms in total. The molecule has 17 heavy (non-hydrogen) atoms. The molecule has 0 unspecified atom stereocenters. The highest BCUT2D eigenvalue weighted by Crippen LogP contribution is 2.24. The van der Waals surface area contributed by atoms with Crippen LogP contribution in [0.25, 0.3) is 0 Å². The van der Waals surface area contributed by atoms with Crippen LogP contribution in [0.4, 0.5) is 0 Å². The van der Waals surface area contributed by atoms with Crippen LogP contribution in [0.15, 0.2) is 18.2 Å². The maximum Gasteiger partial charge on any atom is 0.293 e. The Morgan fingerprint density at radius 3 is 2.53 bits per heavy atom. The molecule has 1 aliphatic rings. The Kier molecular flexibility index (Phi) is 4.52. The molecule has 0 radical (unpaired) electrons. The number of benzene rings is 1. The van der Waals surface area contributed by atoms with Gasteiger partial charge in [-0.25, -0.2) is 0 Å². The number of hydrogen-bond donors (Lipinski definition) is 2. The molecule has 0 amide bonds. The lowest BCUT2D eigenvalue weighted by Gasteiger charge is -2.14. The molecule has 1 heterocycles. The Balaban J connectivity index is 0.000000185. The summed E-state index contributed by atoms with van der Waals surface area (Å²) in [5.74, 6) is 0.419. The van der Waals surface area contributed by atoms with E-state index in [1.54, 1.807) is 6.07 Å². The fourth-order valence-corrected chi connectivity index (χ4v) is 1.46. The lowest BCUT2D eigenvalue weighted by atomic mass is 10.1. The van der Waals surface area contributed by atoms with Crippen LogP contribution in [0.1, 0.15) is 31.9 Å². The monoisotopic (exact) mass is 237 g/mol. The van der Waals surface area contributed by atoms with Crippen molar-refractivity contribution in [1.29, 1.82) is 0 Å². The second-order valence-electron chi connectivity index (χ2n) is 4.84. The second-order valence-corrected chi connectivity index (χ2v) is 4.84. The van der Waals surface area contributed by atoms with Gasteiger partial charge in [-0.05, 0) is 32.4 Å². The van der Waals surface area contributed by atoms with Gasteiger partial charge in [-0.1, -0.05) is 12.1 Å². The molecule has 1 aromatic rings. The van der Waals surface area contributed by atoms with Crippen LogP contribution < -0.4 is 5.32 Å². The number of rotatable bonds is 1. The molecule has 0 fully saturated rings. The van der Waals surface area contributed by atoms with Gasteiger partial charge in [0.25, 0.3) is 6.47 Å². The first kappa shape index (κ1) is 13.5. The predicted molar refractivity (Wildman–Crippen MR) is 65.6 cm³/mol. The van der Waals surface area contributed by atoms with E-state index in [4.69, 9.17) is 0 Å². The summed E-state index contributed by atoms with van der Waals surface area (Å²) in [7, 11) is 0. The van der Waals surface area contributed by atoms with Crippen molar-refractivity contribution in [3.8, 4) is 5.75 Å². The molecule has 0 bridgehead atoms. The third kappa shape index (κ3) is 4.44. The smallest absolute Gasteiger partial charge is 0.293 e. The number of aromatic hydroxyl groups is 1. The van der Waals surface area contributed by atoms with Crippen molar-refractivity contribution in [2.75, 3.05) is 0 Å². The van der Waals surface area contributed by atoms with Crippen molar-refractivity contribution >= 4 is 6.47 Å². The van der Waals surface area contributed by atoms with Crippen LogP contribution >= 0.6 is 0 Å². The number of phenolic OH excluding ortho intramolecular Hbond substituents is 1. The van der Waals surface area contributed by atoms with E-state index in [1.807, 2.05) is 32.9 Å². The summed E-state index contributed by atoms with van der Waals surface area (Å²) in [5, 5.41) is 12.5. The number of phenols is 1. The normalized spacial score (nSPS) is 13.4. The molecule has 0 aliphatic carbocycles. The fourth-order valence-electron chi connectivity index (χ4n) is 1.46. The molecule has 0 saturated heterocycles. The molecular formula is C13H19NO3. The Morgan fingerprint density at radius 1 is 1.35 bits per heavy atom. The van der Waals surface area contributed by atoms with Gasteiger partial charge in [0.15, 0.2) is 0 Å². The van der Waals surface area contributed by atoms with Crippen LogP contribution in [0.2, 0.25) is 0 Å². The molecule has 1 aliphatic heterocycles. The minimum atomic E-state index is -0.318. The number of carbonyl (C=O) groups is 1. The third-order valence-electron chi connectivity index (χ3n) is 2.27. The van der Waals surface area contributed by atoms with E-state index in [9.17, 15) is 9.90 Å². The van der Waals surface area contributed by atoms with Gasteiger partial charge < -0.3 is 15.2 Å². The van der Waals surface area contributed by atoms with Crippen molar-refractivity contribution in [3.63, 3.8) is 0 Å². The summed E-state index contributed by atoms with van der Waals surface area (Å²) in [6.07, 6.45) is 0. The summed E-state index contributed by atoms with van der Waals surface area (Å²) in [6.45, 7) is 7.62. The van der Waals surface area contributed by atoms with Crippen LogP contribution in [0.5, 0.6) is 5.75 Å². The molecule has 1 aromatic carbocycles. The van der Waals surface area contributed by atoms with E-state index in [0.717, 1.165) is 18.7 Å². The van der Waals surface area contributed by atoms with Gasteiger partial charge in [-0.3, -0.25) is 4.79 Å². The zero-order chi connectivity index (χ0) is 12.9. The molecule has 0 aromatic heterocycles. The lowest BCUT2D eigenvalue weighted by Crippen LogP contribution is -2.17. The Morgan fingerprint density at radius 2 is 2.06 bits per heavy atom. The number of nitrogens with one attached hydrogen (secondary N) is 1. The minimum Gasteiger partial charge on any atom is -0.508 e. The van der Waals surface area contributed by atoms with Gasteiger partial charge in [-0.15, -0.1) is 0 Å². The van der Waals surface area contributed by atoms with Gasteiger partial charge in [0.1, 0.15) is 11.4 Å². The zero-order valence-corrected chi connectivity index (χ0v) is 10.5.